The first-order valence-electron chi connectivity index (χ1n) is 4.99. The van der Waals surface area contributed by atoms with E-state index in [9.17, 15) is 4.79 Å². The smallest absolute Gasteiger partial charge is 0.404 e. The van der Waals surface area contributed by atoms with E-state index in [1.54, 1.807) is 0 Å². The molecule has 0 aromatic heterocycles. The third-order valence-corrected chi connectivity index (χ3v) is 2.13. The second-order valence-corrected chi connectivity index (χ2v) is 3.34. The molecule has 0 aromatic rings. The van der Waals surface area contributed by atoms with Crippen LogP contribution >= 0.6 is 0 Å². The molecule has 0 aromatic carbocycles. The van der Waals surface area contributed by atoms with E-state index in [0.717, 1.165) is 19.5 Å². The van der Waals surface area contributed by atoms with Gasteiger partial charge in [-0.1, -0.05) is 12.2 Å². The first kappa shape index (κ1) is 13.7. The second kappa shape index (κ2) is 8.05. The largest absolute Gasteiger partial charge is 0.450 e. The van der Waals surface area contributed by atoms with Crippen LogP contribution in [0, 0.1) is 0 Å². The van der Waals surface area contributed by atoms with Crippen LogP contribution in [0.2, 0.25) is 0 Å². The molecule has 0 bridgehead atoms. The summed E-state index contributed by atoms with van der Waals surface area (Å²) in [6.45, 7) is 11.4. The molecule has 1 unspecified atom stereocenters. The Morgan fingerprint density at radius 2 is 2.00 bits per heavy atom. The maximum Gasteiger partial charge on any atom is 0.404 e. The summed E-state index contributed by atoms with van der Waals surface area (Å²) < 4.78 is 4.68. The molecular weight excluding hydrogens is 192 g/mol. The fourth-order valence-electron chi connectivity index (χ4n) is 1.28. The van der Waals surface area contributed by atoms with Crippen molar-refractivity contribution in [1.29, 1.82) is 0 Å². The molecule has 1 atom stereocenters. The number of hydrogen-bond donors (Lipinski definition) is 1. The van der Waals surface area contributed by atoms with E-state index in [4.69, 9.17) is 5.73 Å². The average molecular weight is 212 g/mol. The third-order valence-electron chi connectivity index (χ3n) is 2.13. The number of amides is 1. The molecule has 0 rings (SSSR count). The van der Waals surface area contributed by atoms with Gasteiger partial charge in [0.2, 0.25) is 0 Å². The summed E-state index contributed by atoms with van der Waals surface area (Å²) >= 11 is 0. The first-order valence-corrected chi connectivity index (χ1v) is 4.99. The Labute approximate surface area is 91.4 Å². The molecule has 0 fully saturated rings. The van der Waals surface area contributed by atoms with Gasteiger partial charge in [0.05, 0.1) is 6.61 Å². The Balaban J connectivity index is 3.89. The molecule has 0 saturated carbocycles. The summed E-state index contributed by atoms with van der Waals surface area (Å²) in [4.78, 5) is 12.5. The van der Waals surface area contributed by atoms with Gasteiger partial charge in [-0.15, -0.1) is 13.2 Å². The maximum atomic E-state index is 10.4. The Morgan fingerprint density at radius 3 is 2.40 bits per heavy atom. The van der Waals surface area contributed by atoms with Crippen LogP contribution in [-0.4, -0.2) is 36.7 Å². The molecule has 0 aliphatic carbocycles. The molecule has 0 radical (unpaired) electrons. The van der Waals surface area contributed by atoms with Crippen molar-refractivity contribution in [2.75, 3.05) is 19.7 Å². The lowest BCUT2D eigenvalue weighted by Gasteiger charge is -2.26. The van der Waals surface area contributed by atoms with E-state index < -0.39 is 6.09 Å². The summed E-state index contributed by atoms with van der Waals surface area (Å²) in [6, 6.07) is 0.306. The molecule has 0 aliphatic heterocycles. The van der Waals surface area contributed by atoms with Gasteiger partial charge in [-0.3, -0.25) is 4.90 Å². The summed E-state index contributed by atoms with van der Waals surface area (Å²) in [5.41, 5.74) is 4.87. The highest BCUT2D eigenvalue weighted by Gasteiger charge is 2.11. The lowest BCUT2D eigenvalue weighted by atomic mass is 10.2. The van der Waals surface area contributed by atoms with Crippen molar-refractivity contribution in [2.24, 2.45) is 5.73 Å². The number of rotatable bonds is 8. The molecule has 4 nitrogen and oxygen atoms in total. The zero-order valence-corrected chi connectivity index (χ0v) is 9.32. The van der Waals surface area contributed by atoms with Gasteiger partial charge in [0.25, 0.3) is 0 Å². The lowest BCUT2D eigenvalue weighted by Crippen LogP contribution is -2.34. The highest BCUT2D eigenvalue weighted by Crippen LogP contribution is 2.04. The van der Waals surface area contributed by atoms with Gasteiger partial charge in [-0.05, 0) is 13.3 Å². The van der Waals surface area contributed by atoms with E-state index in [-0.39, 0.29) is 0 Å². The summed E-state index contributed by atoms with van der Waals surface area (Å²) in [6.07, 6.45) is 3.72. The number of ether oxygens (including phenoxy) is 1. The van der Waals surface area contributed by atoms with Crippen LogP contribution in [0.5, 0.6) is 0 Å². The average Bonchev–Trinajstić information content (AvgIpc) is 2.16. The summed E-state index contributed by atoms with van der Waals surface area (Å²) in [5, 5.41) is 0. The van der Waals surface area contributed by atoms with Crippen LogP contribution in [0.1, 0.15) is 13.3 Å². The molecule has 86 valence electrons. The zero-order valence-electron chi connectivity index (χ0n) is 9.32. The number of hydrogen-bond acceptors (Lipinski definition) is 3. The van der Waals surface area contributed by atoms with Gasteiger partial charge in [0.1, 0.15) is 0 Å². The van der Waals surface area contributed by atoms with E-state index in [0.29, 0.717) is 12.6 Å². The number of primary amides is 1. The molecular formula is C11H20N2O2. The minimum absolute atomic E-state index is 0.306. The van der Waals surface area contributed by atoms with Gasteiger partial charge in [-0.2, -0.15) is 0 Å². The fraction of sp³-hybridized carbons (Fsp3) is 0.545. The number of nitrogens with two attached hydrogens (primary N) is 1. The van der Waals surface area contributed by atoms with Crippen LogP contribution < -0.4 is 5.73 Å². The van der Waals surface area contributed by atoms with Gasteiger partial charge in [0, 0.05) is 19.1 Å². The van der Waals surface area contributed by atoms with E-state index >= 15 is 0 Å². The molecule has 0 saturated heterocycles. The molecule has 2 N–H and O–H groups in total. The molecule has 0 heterocycles. The number of carbonyl (C=O) groups excluding carboxylic acids is 1. The normalized spacial score (nSPS) is 12.1. The monoisotopic (exact) mass is 212 g/mol. The topological polar surface area (TPSA) is 55.6 Å². The lowest BCUT2D eigenvalue weighted by molar-refractivity contribution is 0.138. The summed E-state index contributed by atoms with van der Waals surface area (Å²) in [7, 11) is 0. The van der Waals surface area contributed by atoms with Crippen molar-refractivity contribution < 1.29 is 9.53 Å². The Hall–Kier alpha value is -1.29. The first-order chi connectivity index (χ1) is 7.11. The van der Waals surface area contributed by atoms with Crippen LogP contribution in [-0.2, 0) is 4.74 Å². The van der Waals surface area contributed by atoms with Crippen molar-refractivity contribution in [3.8, 4) is 0 Å². The highest BCUT2D eigenvalue weighted by atomic mass is 16.5. The zero-order chi connectivity index (χ0) is 11.7. The van der Waals surface area contributed by atoms with Gasteiger partial charge >= 0.3 is 6.09 Å². The molecule has 1 amide bonds. The second-order valence-electron chi connectivity index (χ2n) is 3.34. The minimum Gasteiger partial charge on any atom is -0.450 e. The number of nitrogens with zero attached hydrogens (tertiary/aromatic N) is 1. The molecule has 4 heteroatoms. The highest BCUT2D eigenvalue weighted by molar-refractivity contribution is 5.64. The van der Waals surface area contributed by atoms with Gasteiger partial charge in [0.15, 0.2) is 0 Å². The maximum absolute atomic E-state index is 10.4. The number of carbonyl (C=O) groups is 1. The van der Waals surface area contributed by atoms with Crippen molar-refractivity contribution in [1.82, 2.24) is 4.90 Å². The van der Waals surface area contributed by atoms with E-state index in [1.807, 2.05) is 12.2 Å². The molecule has 15 heavy (non-hydrogen) atoms. The molecule has 0 spiro atoms. The fourth-order valence-corrected chi connectivity index (χ4v) is 1.28. The van der Waals surface area contributed by atoms with E-state index in [1.165, 1.54) is 0 Å². The van der Waals surface area contributed by atoms with Crippen LogP contribution in [0.4, 0.5) is 4.79 Å². The Bertz CT molecular complexity index is 207. The minimum atomic E-state index is -0.721. The summed E-state index contributed by atoms with van der Waals surface area (Å²) in [5.74, 6) is 0. The van der Waals surface area contributed by atoms with Gasteiger partial charge < -0.3 is 10.5 Å². The predicted octanol–water partition coefficient (Wildman–Crippen LogP) is 1.53. The predicted molar refractivity (Wildman–Crippen MR) is 61.6 cm³/mol. The van der Waals surface area contributed by atoms with Gasteiger partial charge in [-0.25, -0.2) is 4.79 Å². The van der Waals surface area contributed by atoms with Crippen LogP contribution in [0.3, 0.4) is 0 Å². The van der Waals surface area contributed by atoms with E-state index in [2.05, 4.69) is 29.7 Å². The van der Waals surface area contributed by atoms with Crippen LogP contribution in [0.15, 0.2) is 25.3 Å². The Kier molecular flexibility index (Phi) is 7.36. The van der Waals surface area contributed by atoms with Crippen molar-refractivity contribution >= 4 is 6.09 Å². The van der Waals surface area contributed by atoms with Crippen molar-refractivity contribution in [3.63, 3.8) is 0 Å². The standard InChI is InChI=1S/C11H20N2O2/c1-4-7-13(8-5-2)10(3)6-9-15-11(12)14/h4-5,10H,1-2,6-9H2,3H3,(H2,12,14). The van der Waals surface area contributed by atoms with Crippen molar-refractivity contribution in [3.05, 3.63) is 25.3 Å². The molecule has 0 aliphatic rings. The Morgan fingerprint density at radius 1 is 1.47 bits per heavy atom. The third kappa shape index (κ3) is 6.74. The SMILES string of the molecule is C=CCN(CC=C)C(C)CCOC(N)=O. The van der Waals surface area contributed by atoms with Crippen molar-refractivity contribution in [2.45, 2.75) is 19.4 Å². The van der Waals surface area contributed by atoms with Crippen LogP contribution in [0.25, 0.3) is 0 Å². The quantitative estimate of drug-likeness (QED) is 0.621.